The maximum atomic E-state index is 11.8. The number of benzene rings is 1. The number of ketones is 1. The number of phenols is 1. The highest BCUT2D eigenvalue weighted by atomic mass is 16.6. The fourth-order valence-electron chi connectivity index (χ4n) is 1.25. The molecular formula is C13H16O4. The van der Waals surface area contributed by atoms with Crippen LogP contribution in [0, 0.1) is 0 Å². The Morgan fingerprint density at radius 1 is 1.24 bits per heavy atom. The van der Waals surface area contributed by atoms with Gasteiger partial charge in [0.15, 0.2) is 5.78 Å². The summed E-state index contributed by atoms with van der Waals surface area (Å²) >= 11 is 0. The summed E-state index contributed by atoms with van der Waals surface area (Å²) in [5.74, 6) is -1.00. The van der Waals surface area contributed by atoms with Crippen molar-refractivity contribution in [3.63, 3.8) is 0 Å². The Balaban J connectivity index is 3.08. The first-order valence-corrected chi connectivity index (χ1v) is 5.28. The van der Waals surface area contributed by atoms with Crippen molar-refractivity contribution in [2.24, 2.45) is 0 Å². The summed E-state index contributed by atoms with van der Waals surface area (Å²) in [4.78, 5) is 22.9. The molecule has 0 unspecified atom stereocenters. The summed E-state index contributed by atoms with van der Waals surface area (Å²) in [6.07, 6.45) is 0. The van der Waals surface area contributed by atoms with Crippen molar-refractivity contribution in [1.29, 1.82) is 0 Å². The van der Waals surface area contributed by atoms with Crippen molar-refractivity contribution >= 4 is 11.8 Å². The molecule has 1 N–H and O–H groups in total. The van der Waals surface area contributed by atoms with Gasteiger partial charge in [0.05, 0.1) is 0 Å². The molecule has 4 nitrogen and oxygen atoms in total. The molecule has 1 rings (SSSR count). The molecule has 0 aromatic heterocycles. The van der Waals surface area contributed by atoms with E-state index in [9.17, 15) is 14.7 Å². The standard InChI is InChI=1S/C13H16O4/c1-8(14)9-5-6-11(15)10(7-9)12(16)17-13(2,3)4/h5-7,15H,1-4H3. The number of Topliss-reactive ketones (excluding diaryl/α,β-unsaturated/α-hetero) is 1. The normalized spacial score (nSPS) is 11.1. The van der Waals surface area contributed by atoms with Crippen molar-refractivity contribution in [3.8, 4) is 5.75 Å². The van der Waals surface area contributed by atoms with Gasteiger partial charge in [-0.3, -0.25) is 4.79 Å². The first kappa shape index (κ1) is 13.2. The second kappa shape index (κ2) is 4.57. The third-order valence-corrected chi connectivity index (χ3v) is 2.02. The molecule has 0 amide bonds. The zero-order valence-corrected chi connectivity index (χ0v) is 10.4. The van der Waals surface area contributed by atoms with Crippen molar-refractivity contribution in [2.75, 3.05) is 0 Å². The summed E-state index contributed by atoms with van der Waals surface area (Å²) < 4.78 is 5.13. The number of aromatic hydroxyl groups is 1. The van der Waals surface area contributed by atoms with Gasteiger partial charge in [-0.25, -0.2) is 4.79 Å². The SMILES string of the molecule is CC(=O)c1ccc(O)c(C(=O)OC(C)(C)C)c1. The van der Waals surface area contributed by atoms with E-state index in [2.05, 4.69) is 0 Å². The predicted molar refractivity (Wildman–Crippen MR) is 63.3 cm³/mol. The molecule has 0 atom stereocenters. The third-order valence-electron chi connectivity index (χ3n) is 2.02. The van der Waals surface area contributed by atoms with Crippen LogP contribution in [0.25, 0.3) is 0 Å². The van der Waals surface area contributed by atoms with Crippen LogP contribution in [0.1, 0.15) is 48.4 Å². The molecule has 0 aliphatic heterocycles. The first-order chi connectivity index (χ1) is 7.70. The largest absolute Gasteiger partial charge is 0.507 e. The zero-order valence-electron chi connectivity index (χ0n) is 10.4. The van der Waals surface area contributed by atoms with Gasteiger partial charge in [-0.2, -0.15) is 0 Å². The highest BCUT2D eigenvalue weighted by Gasteiger charge is 2.21. The lowest BCUT2D eigenvalue weighted by molar-refractivity contribution is 0.00668. The van der Waals surface area contributed by atoms with Gasteiger partial charge in [-0.05, 0) is 45.9 Å². The molecule has 92 valence electrons. The van der Waals surface area contributed by atoms with Gasteiger partial charge >= 0.3 is 5.97 Å². The third kappa shape index (κ3) is 3.59. The topological polar surface area (TPSA) is 63.6 Å². The minimum absolute atomic E-state index is 0.00706. The lowest BCUT2D eigenvalue weighted by Gasteiger charge is -2.19. The Morgan fingerprint density at radius 2 is 1.82 bits per heavy atom. The smallest absolute Gasteiger partial charge is 0.342 e. The average molecular weight is 236 g/mol. The number of rotatable bonds is 2. The number of carbonyl (C=O) groups is 2. The van der Waals surface area contributed by atoms with Gasteiger partial charge in [0, 0.05) is 5.56 Å². The molecule has 0 saturated heterocycles. The minimum Gasteiger partial charge on any atom is -0.507 e. The minimum atomic E-state index is -0.643. The maximum absolute atomic E-state index is 11.8. The van der Waals surface area contributed by atoms with Crippen LogP contribution in [0.5, 0.6) is 5.75 Å². The van der Waals surface area contributed by atoms with E-state index < -0.39 is 11.6 Å². The second-order valence-corrected chi connectivity index (χ2v) is 4.79. The van der Waals surface area contributed by atoms with E-state index >= 15 is 0 Å². The number of hydrogen-bond donors (Lipinski definition) is 1. The van der Waals surface area contributed by atoms with E-state index in [-0.39, 0.29) is 17.1 Å². The number of esters is 1. The molecule has 0 aliphatic rings. The Labute approximate surface area is 100 Å². The van der Waals surface area contributed by atoms with Crippen molar-refractivity contribution < 1.29 is 19.4 Å². The molecular weight excluding hydrogens is 220 g/mol. The molecule has 0 aliphatic carbocycles. The van der Waals surface area contributed by atoms with Crippen LogP contribution in [0.2, 0.25) is 0 Å². The summed E-state index contributed by atoms with van der Waals surface area (Å²) in [5.41, 5.74) is -0.272. The van der Waals surface area contributed by atoms with Crippen molar-refractivity contribution in [2.45, 2.75) is 33.3 Å². The van der Waals surface area contributed by atoms with E-state index in [0.717, 1.165) is 0 Å². The van der Waals surface area contributed by atoms with Gasteiger partial charge in [0.1, 0.15) is 16.9 Å². The molecule has 0 radical (unpaired) electrons. The molecule has 0 bridgehead atoms. The molecule has 1 aromatic carbocycles. The van der Waals surface area contributed by atoms with Crippen LogP contribution < -0.4 is 0 Å². The maximum Gasteiger partial charge on any atom is 0.342 e. The van der Waals surface area contributed by atoms with Gasteiger partial charge in [0.25, 0.3) is 0 Å². The van der Waals surface area contributed by atoms with Gasteiger partial charge in [-0.15, -0.1) is 0 Å². The fraction of sp³-hybridized carbons (Fsp3) is 0.385. The Bertz CT molecular complexity index is 455. The lowest BCUT2D eigenvalue weighted by atomic mass is 10.1. The van der Waals surface area contributed by atoms with E-state index in [1.807, 2.05) is 0 Å². The summed E-state index contributed by atoms with van der Waals surface area (Å²) in [6, 6.07) is 4.12. The molecule has 0 saturated carbocycles. The van der Waals surface area contributed by atoms with E-state index in [1.165, 1.54) is 25.1 Å². The average Bonchev–Trinajstić information content (AvgIpc) is 2.14. The number of phenolic OH excluding ortho intramolecular Hbond substituents is 1. The number of hydrogen-bond acceptors (Lipinski definition) is 4. The predicted octanol–water partition coefficient (Wildman–Crippen LogP) is 2.55. The number of ether oxygens (including phenoxy) is 1. The molecule has 0 heterocycles. The van der Waals surface area contributed by atoms with Crippen LogP contribution in [0.4, 0.5) is 0 Å². The van der Waals surface area contributed by atoms with Crippen LogP contribution in [-0.2, 0) is 4.74 Å². The molecule has 0 spiro atoms. The monoisotopic (exact) mass is 236 g/mol. The van der Waals surface area contributed by atoms with E-state index in [1.54, 1.807) is 20.8 Å². The van der Waals surface area contributed by atoms with E-state index in [0.29, 0.717) is 5.56 Å². The van der Waals surface area contributed by atoms with Crippen LogP contribution in [-0.4, -0.2) is 22.5 Å². The van der Waals surface area contributed by atoms with Crippen LogP contribution in [0.15, 0.2) is 18.2 Å². The van der Waals surface area contributed by atoms with Crippen molar-refractivity contribution in [1.82, 2.24) is 0 Å². The van der Waals surface area contributed by atoms with E-state index in [4.69, 9.17) is 4.74 Å². The first-order valence-electron chi connectivity index (χ1n) is 5.28. The quantitative estimate of drug-likeness (QED) is 0.633. The van der Waals surface area contributed by atoms with Crippen LogP contribution in [0.3, 0.4) is 0 Å². The molecule has 1 aromatic rings. The Kier molecular flexibility index (Phi) is 3.56. The Morgan fingerprint density at radius 3 is 2.29 bits per heavy atom. The van der Waals surface area contributed by atoms with Gasteiger partial charge < -0.3 is 9.84 Å². The summed E-state index contributed by atoms with van der Waals surface area (Å²) in [6.45, 7) is 6.59. The Hall–Kier alpha value is -1.84. The molecule has 0 fully saturated rings. The molecule has 4 heteroatoms. The fourth-order valence-corrected chi connectivity index (χ4v) is 1.25. The second-order valence-electron chi connectivity index (χ2n) is 4.79. The van der Waals surface area contributed by atoms with Gasteiger partial charge in [-0.1, -0.05) is 0 Å². The van der Waals surface area contributed by atoms with Crippen LogP contribution >= 0.6 is 0 Å². The number of carbonyl (C=O) groups excluding carboxylic acids is 2. The highest BCUT2D eigenvalue weighted by molar-refractivity contribution is 5.99. The summed E-state index contributed by atoms with van der Waals surface area (Å²) in [7, 11) is 0. The van der Waals surface area contributed by atoms with Gasteiger partial charge in [0.2, 0.25) is 0 Å². The highest BCUT2D eigenvalue weighted by Crippen LogP contribution is 2.22. The summed E-state index contributed by atoms with van der Waals surface area (Å²) in [5, 5.41) is 9.57. The zero-order chi connectivity index (χ0) is 13.2. The van der Waals surface area contributed by atoms with Crippen molar-refractivity contribution in [3.05, 3.63) is 29.3 Å². The molecule has 17 heavy (non-hydrogen) atoms. The lowest BCUT2D eigenvalue weighted by Crippen LogP contribution is -2.24.